The fourth-order valence-electron chi connectivity index (χ4n) is 2.60. The second kappa shape index (κ2) is 8.88. The van der Waals surface area contributed by atoms with Gasteiger partial charge in [0.05, 0.1) is 4.90 Å². The van der Waals surface area contributed by atoms with Crippen molar-refractivity contribution in [1.82, 2.24) is 5.32 Å². The molecule has 0 saturated heterocycles. The SMILES string of the molecule is CC(C)C(NC(=O)Nc1ccccc1)C(=O)N(C)c1ccc(S(C)(=O)=O)cc1. The molecular weight excluding hydrogens is 378 g/mol. The lowest BCUT2D eigenvalue weighted by molar-refractivity contribution is -0.121. The van der Waals surface area contributed by atoms with Gasteiger partial charge in [-0.15, -0.1) is 0 Å². The van der Waals surface area contributed by atoms with Gasteiger partial charge in [-0.2, -0.15) is 0 Å². The summed E-state index contributed by atoms with van der Waals surface area (Å²) in [6, 6.07) is 13.8. The van der Waals surface area contributed by atoms with Gasteiger partial charge in [-0.3, -0.25) is 4.79 Å². The average Bonchev–Trinajstić information content (AvgIpc) is 2.65. The van der Waals surface area contributed by atoms with Crippen LogP contribution in [0.3, 0.4) is 0 Å². The van der Waals surface area contributed by atoms with Crippen molar-refractivity contribution in [2.75, 3.05) is 23.5 Å². The zero-order valence-electron chi connectivity index (χ0n) is 16.3. The van der Waals surface area contributed by atoms with Gasteiger partial charge in [-0.1, -0.05) is 32.0 Å². The van der Waals surface area contributed by atoms with Crippen LogP contribution in [0.25, 0.3) is 0 Å². The number of anilines is 2. The molecule has 0 radical (unpaired) electrons. The lowest BCUT2D eigenvalue weighted by Crippen LogP contribution is -2.51. The van der Waals surface area contributed by atoms with Crippen molar-refractivity contribution in [2.45, 2.75) is 24.8 Å². The Bertz CT molecular complexity index is 926. The Kier molecular flexibility index (Phi) is 6.80. The van der Waals surface area contributed by atoms with Crippen LogP contribution >= 0.6 is 0 Å². The van der Waals surface area contributed by atoms with Crippen LogP contribution in [0.2, 0.25) is 0 Å². The number of hydrogen-bond acceptors (Lipinski definition) is 4. The second-order valence-corrected chi connectivity index (χ2v) is 8.87. The maximum absolute atomic E-state index is 12.9. The van der Waals surface area contributed by atoms with Gasteiger partial charge < -0.3 is 15.5 Å². The van der Waals surface area contributed by atoms with E-state index in [9.17, 15) is 18.0 Å². The third kappa shape index (κ3) is 5.56. The quantitative estimate of drug-likeness (QED) is 0.775. The highest BCUT2D eigenvalue weighted by molar-refractivity contribution is 7.90. The van der Waals surface area contributed by atoms with Crippen molar-refractivity contribution in [1.29, 1.82) is 0 Å². The Morgan fingerprint density at radius 2 is 1.54 bits per heavy atom. The predicted molar refractivity (Wildman–Crippen MR) is 110 cm³/mol. The number of nitrogens with zero attached hydrogens (tertiary/aromatic N) is 1. The lowest BCUT2D eigenvalue weighted by Gasteiger charge is -2.27. The zero-order valence-corrected chi connectivity index (χ0v) is 17.2. The van der Waals surface area contributed by atoms with Crippen molar-refractivity contribution in [3.05, 3.63) is 54.6 Å². The van der Waals surface area contributed by atoms with E-state index in [0.29, 0.717) is 11.4 Å². The Balaban J connectivity index is 2.12. The topological polar surface area (TPSA) is 95.6 Å². The Labute approximate surface area is 165 Å². The molecule has 0 saturated carbocycles. The highest BCUT2D eigenvalue weighted by Crippen LogP contribution is 2.19. The van der Waals surface area contributed by atoms with Gasteiger partial charge >= 0.3 is 6.03 Å². The number of rotatable bonds is 6. The summed E-state index contributed by atoms with van der Waals surface area (Å²) in [5.74, 6) is -0.447. The first-order chi connectivity index (χ1) is 13.1. The van der Waals surface area contributed by atoms with Gasteiger partial charge in [0.25, 0.3) is 0 Å². The number of benzene rings is 2. The molecule has 1 unspecified atom stereocenters. The predicted octanol–water partition coefficient (Wildman–Crippen LogP) is 2.90. The summed E-state index contributed by atoms with van der Waals surface area (Å²) in [5, 5.41) is 5.41. The van der Waals surface area contributed by atoms with Gasteiger partial charge in [0.1, 0.15) is 6.04 Å². The fraction of sp³-hybridized carbons (Fsp3) is 0.300. The van der Waals surface area contributed by atoms with E-state index in [2.05, 4.69) is 10.6 Å². The summed E-state index contributed by atoms with van der Waals surface area (Å²) < 4.78 is 23.2. The minimum atomic E-state index is -3.31. The molecule has 2 rings (SSSR count). The molecule has 0 aliphatic carbocycles. The zero-order chi connectivity index (χ0) is 20.9. The number of amides is 3. The lowest BCUT2D eigenvalue weighted by atomic mass is 10.0. The number of sulfone groups is 1. The van der Waals surface area contributed by atoms with E-state index in [1.807, 2.05) is 19.9 Å². The van der Waals surface area contributed by atoms with Gasteiger partial charge in [-0.05, 0) is 42.3 Å². The third-order valence-electron chi connectivity index (χ3n) is 4.23. The summed E-state index contributed by atoms with van der Waals surface area (Å²) in [6.45, 7) is 3.68. The van der Waals surface area contributed by atoms with Crippen molar-refractivity contribution >= 4 is 33.2 Å². The molecule has 1 atom stereocenters. The number of nitrogens with one attached hydrogen (secondary N) is 2. The standard InChI is InChI=1S/C20H25N3O4S/c1-14(2)18(22-20(25)21-15-8-6-5-7-9-15)19(24)23(3)16-10-12-17(13-11-16)28(4,26)27/h5-14,18H,1-4H3,(H2,21,22,25). The summed E-state index contributed by atoms with van der Waals surface area (Å²) in [6.07, 6.45) is 1.13. The molecule has 0 spiro atoms. The van der Waals surface area contributed by atoms with Crippen LogP contribution in [-0.4, -0.2) is 39.7 Å². The van der Waals surface area contributed by atoms with Crippen molar-refractivity contribution in [3.8, 4) is 0 Å². The molecule has 28 heavy (non-hydrogen) atoms. The number of carbonyl (C=O) groups excluding carboxylic acids is 2. The normalized spacial score (nSPS) is 12.3. The van der Waals surface area contributed by atoms with Crippen LogP contribution in [0.4, 0.5) is 16.2 Å². The molecule has 2 aromatic carbocycles. The van der Waals surface area contributed by atoms with E-state index in [1.165, 1.54) is 17.0 Å². The van der Waals surface area contributed by atoms with E-state index < -0.39 is 21.9 Å². The Morgan fingerprint density at radius 3 is 2.04 bits per heavy atom. The summed E-state index contributed by atoms with van der Waals surface area (Å²) in [5.41, 5.74) is 1.16. The van der Waals surface area contributed by atoms with E-state index in [0.717, 1.165) is 6.26 Å². The van der Waals surface area contributed by atoms with Gasteiger partial charge in [0.15, 0.2) is 9.84 Å². The molecular formula is C20H25N3O4S. The van der Waals surface area contributed by atoms with E-state index >= 15 is 0 Å². The Hall–Kier alpha value is -2.87. The average molecular weight is 404 g/mol. The van der Waals surface area contributed by atoms with E-state index in [-0.39, 0.29) is 16.7 Å². The molecule has 0 heterocycles. The molecule has 3 amide bonds. The summed E-state index contributed by atoms with van der Waals surface area (Å²) >= 11 is 0. The Morgan fingerprint density at radius 1 is 0.964 bits per heavy atom. The fourth-order valence-corrected chi connectivity index (χ4v) is 3.23. The highest BCUT2D eigenvalue weighted by Gasteiger charge is 2.28. The molecule has 2 N–H and O–H groups in total. The summed E-state index contributed by atoms with van der Waals surface area (Å²) in [4.78, 5) is 26.8. The summed E-state index contributed by atoms with van der Waals surface area (Å²) in [7, 11) is -1.72. The maximum atomic E-state index is 12.9. The van der Waals surface area contributed by atoms with E-state index in [1.54, 1.807) is 43.4 Å². The molecule has 0 aliphatic heterocycles. The molecule has 7 nitrogen and oxygen atoms in total. The van der Waals surface area contributed by atoms with Crippen LogP contribution in [0, 0.1) is 5.92 Å². The van der Waals surface area contributed by atoms with Crippen LogP contribution < -0.4 is 15.5 Å². The first-order valence-corrected chi connectivity index (χ1v) is 10.7. The number of carbonyl (C=O) groups is 2. The van der Waals surface area contributed by atoms with Crippen molar-refractivity contribution < 1.29 is 18.0 Å². The van der Waals surface area contributed by atoms with E-state index in [4.69, 9.17) is 0 Å². The minimum absolute atomic E-state index is 0.147. The number of urea groups is 1. The molecule has 2 aromatic rings. The van der Waals surface area contributed by atoms with Gasteiger partial charge in [-0.25, -0.2) is 13.2 Å². The third-order valence-corrected chi connectivity index (χ3v) is 5.36. The molecule has 8 heteroatoms. The molecule has 0 aliphatic rings. The van der Waals surface area contributed by atoms with Crippen LogP contribution in [0.1, 0.15) is 13.8 Å². The van der Waals surface area contributed by atoms with Crippen LogP contribution in [0.5, 0.6) is 0 Å². The molecule has 0 fully saturated rings. The number of hydrogen-bond donors (Lipinski definition) is 2. The molecule has 0 aromatic heterocycles. The highest BCUT2D eigenvalue weighted by atomic mass is 32.2. The number of likely N-dealkylation sites (N-methyl/N-ethyl adjacent to an activating group) is 1. The monoisotopic (exact) mass is 403 g/mol. The van der Waals surface area contributed by atoms with Crippen molar-refractivity contribution in [3.63, 3.8) is 0 Å². The largest absolute Gasteiger partial charge is 0.326 e. The first-order valence-electron chi connectivity index (χ1n) is 8.80. The smallest absolute Gasteiger partial charge is 0.319 e. The first kappa shape index (κ1) is 21.4. The molecule has 0 bridgehead atoms. The molecule has 150 valence electrons. The minimum Gasteiger partial charge on any atom is -0.326 e. The number of para-hydroxylation sites is 1. The van der Waals surface area contributed by atoms with Gasteiger partial charge in [0.2, 0.25) is 5.91 Å². The van der Waals surface area contributed by atoms with Crippen molar-refractivity contribution in [2.24, 2.45) is 5.92 Å². The van der Waals surface area contributed by atoms with Crippen LogP contribution in [0.15, 0.2) is 59.5 Å². The van der Waals surface area contributed by atoms with Crippen LogP contribution in [-0.2, 0) is 14.6 Å². The van der Waals surface area contributed by atoms with Gasteiger partial charge in [0, 0.05) is 24.7 Å². The maximum Gasteiger partial charge on any atom is 0.319 e. The second-order valence-electron chi connectivity index (χ2n) is 6.85.